The minimum absolute atomic E-state index is 0.122. The van der Waals surface area contributed by atoms with Gasteiger partial charge < -0.3 is 19.3 Å². The van der Waals surface area contributed by atoms with Crippen molar-refractivity contribution in [2.75, 3.05) is 5.32 Å². The molecule has 1 unspecified atom stereocenters. The number of para-hydroxylation sites is 1. The van der Waals surface area contributed by atoms with Crippen molar-refractivity contribution in [1.82, 2.24) is 5.16 Å². The Balaban J connectivity index is 1.19. The summed E-state index contributed by atoms with van der Waals surface area (Å²) in [6.45, 7) is 2.05. The Bertz CT molecular complexity index is 1230. The molecule has 4 aromatic rings. The van der Waals surface area contributed by atoms with Crippen LogP contribution in [0.25, 0.3) is 11.3 Å². The van der Waals surface area contributed by atoms with Crippen molar-refractivity contribution in [3.8, 4) is 28.6 Å². The largest absolute Gasteiger partial charge is 0.490 e. The molecule has 0 aliphatic carbocycles. The van der Waals surface area contributed by atoms with Crippen LogP contribution >= 0.6 is 0 Å². The molecule has 0 saturated carbocycles. The lowest BCUT2D eigenvalue weighted by Crippen LogP contribution is -2.14. The van der Waals surface area contributed by atoms with Crippen LogP contribution in [0.4, 0.5) is 5.69 Å². The van der Waals surface area contributed by atoms with E-state index in [-0.39, 0.29) is 18.4 Å². The highest BCUT2D eigenvalue weighted by Crippen LogP contribution is 2.33. The third kappa shape index (κ3) is 4.49. The number of nitrogens with zero attached hydrogens (tertiary/aromatic N) is 1. The Morgan fingerprint density at radius 2 is 1.81 bits per heavy atom. The maximum atomic E-state index is 12.5. The van der Waals surface area contributed by atoms with E-state index >= 15 is 0 Å². The summed E-state index contributed by atoms with van der Waals surface area (Å²) in [5.74, 6) is 2.84. The third-order valence-corrected chi connectivity index (χ3v) is 5.20. The van der Waals surface area contributed by atoms with Gasteiger partial charge in [-0.05, 0) is 67.1 Å². The van der Waals surface area contributed by atoms with Gasteiger partial charge in [-0.2, -0.15) is 0 Å². The van der Waals surface area contributed by atoms with Crippen LogP contribution in [-0.2, 0) is 17.6 Å². The summed E-state index contributed by atoms with van der Waals surface area (Å²) >= 11 is 0. The summed E-state index contributed by atoms with van der Waals surface area (Å²) in [5.41, 5.74) is 3.35. The number of fused-ring (bicyclic) bond motifs is 1. The first kappa shape index (κ1) is 19.9. The number of amides is 1. The molecule has 0 radical (unpaired) electrons. The van der Waals surface area contributed by atoms with Gasteiger partial charge in [0.1, 0.15) is 23.4 Å². The van der Waals surface area contributed by atoms with E-state index in [0.29, 0.717) is 22.9 Å². The Kier molecular flexibility index (Phi) is 5.34. The monoisotopic (exact) mass is 426 g/mol. The van der Waals surface area contributed by atoms with Gasteiger partial charge in [0.05, 0.1) is 12.1 Å². The first-order valence-electron chi connectivity index (χ1n) is 10.5. The number of hydrogen-bond acceptors (Lipinski definition) is 5. The zero-order valence-corrected chi connectivity index (χ0v) is 17.6. The molecule has 32 heavy (non-hydrogen) atoms. The average molecular weight is 426 g/mol. The van der Waals surface area contributed by atoms with Crippen molar-refractivity contribution < 1.29 is 18.8 Å². The summed E-state index contributed by atoms with van der Waals surface area (Å²) in [6.07, 6.45) is 1.19. The fourth-order valence-corrected chi connectivity index (χ4v) is 3.71. The summed E-state index contributed by atoms with van der Waals surface area (Å²) < 4.78 is 17.0. The Labute approximate surface area is 185 Å². The predicted molar refractivity (Wildman–Crippen MR) is 121 cm³/mol. The number of anilines is 1. The van der Waals surface area contributed by atoms with E-state index in [1.807, 2.05) is 54.6 Å². The second-order valence-electron chi connectivity index (χ2n) is 7.80. The molecule has 6 heteroatoms. The Morgan fingerprint density at radius 3 is 2.62 bits per heavy atom. The van der Waals surface area contributed by atoms with Crippen molar-refractivity contribution in [3.63, 3.8) is 0 Å². The molecular formula is C26H22N2O4. The van der Waals surface area contributed by atoms with Gasteiger partial charge in [-0.1, -0.05) is 23.4 Å². The summed E-state index contributed by atoms with van der Waals surface area (Å²) in [6, 6.07) is 24.5. The summed E-state index contributed by atoms with van der Waals surface area (Å²) in [7, 11) is 0. The number of benzene rings is 3. The van der Waals surface area contributed by atoms with E-state index < -0.39 is 0 Å². The van der Waals surface area contributed by atoms with Crippen molar-refractivity contribution >= 4 is 11.6 Å². The quantitative estimate of drug-likeness (QED) is 0.432. The van der Waals surface area contributed by atoms with Gasteiger partial charge in [0.15, 0.2) is 5.76 Å². The number of carbonyl (C=O) groups excluding carboxylic acids is 1. The molecule has 5 rings (SSSR count). The molecule has 2 heterocycles. The van der Waals surface area contributed by atoms with Crippen molar-refractivity contribution in [1.29, 1.82) is 0 Å². The van der Waals surface area contributed by atoms with Crippen LogP contribution in [0.1, 0.15) is 18.2 Å². The molecule has 160 valence electrons. The highest BCUT2D eigenvalue weighted by atomic mass is 16.5. The molecule has 1 aliphatic rings. The van der Waals surface area contributed by atoms with Gasteiger partial charge in [0.25, 0.3) is 0 Å². The van der Waals surface area contributed by atoms with Crippen LogP contribution in [-0.4, -0.2) is 17.2 Å². The van der Waals surface area contributed by atoms with Crippen LogP contribution in [0.5, 0.6) is 17.2 Å². The van der Waals surface area contributed by atoms with Crippen LogP contribution in [0.15, 0.2) is 83.4 Å². The lowest BCUT2D eigenvalue weighted by atomic mass is 10.1. The summed E-state index contributed by atoms with van der Waals surface area (Å²) in [5, 5.41) is 6.93. The number of hydrogen-bond donors (Lipinski definition) is 1. The number of carbonyl (C=O) groups is 1. The van der Waals surface area contributed by atoms with Gasteiger partial charge in [0, 0.05) is 23.7 Å². The van der Waals surface area contributed by atoms with Crippen LogP contribution in [0.3, 0.4) is 0 Å². The second kappa shape index (κ2) is 8.59. The lowest BCUT2D eigenvalue weighted by Gasteiger charge is -2.07. The van der Waals surface area contributed by atoms with Crippen LogP contribution < -0.4 is 14.8 Å². The molecule has 1 atom stereocenters. The van der Waals surface area contributed by atoms with E-state index in [9.17, 15) is 4.79 Å². The SMILES string of the molecule is CC1Cc2cc(-c3cc(CC(=O)Nc4ccc(Oc5ccccc5)cc4)no3)ccc2O1. The first-order chi connectivity index (χ1) is 15.6. The fraction of sp³-hybridized carbons (Fsp3) is 0.154. The van der Waals surface area contributed by atoms with Gasteiger partial charge in [-0.3, -0.25) is 4.79 Å². The van der Waals surface area contributed by atoms with E-state index in [1.54, 1.807) is 18.2 Å². The smallest absolute Gasteiger partial charge is 0.230 e. The van der Waals surface area contributed by atoms with Crippen molar-refractivity contribution in [3.05, 3.63) is 90.1 Å². The molecule has 1 aliphatic heterocycles. The molecule has 6 nitrogen and oxygen atoms in total. The van der Waals surface area contributed by atoms with E-state index in [2.05, 4.69) is 23.5 Å². The zero-order valence-electron chi connectivity index (χ0n) is 17.6. The maximum absolute atomic E-state index is 12.5. The van der Waals surface area contributed by atoms with E-state index in [4.69, 9.17) is 14.0 Å². The Morgan fingerprint density at radius 1 is 1.03 bits per heavy atom. The number of ether oxygens (including phenoxy) is 2. The van der Waals surface area contributed by atoms with Crippen LogP contribution in [0.2, 0.25) is 0 Å². The molecule has 0 saturated heterocycles. The van der Waals surface area contributed by atoms with Gasteiger partial charge in [0.2, 0.25) is 5.91 Å². The fourth-order valence-electron chi connectivity index (χ4n) is 3.71. The van der Waals surface area contributed by atoms with Crippen molar-refractivity contribution in [2.45, 2.75) is 25.9 Å². The maximum Gasteiger partial charge on any atom is 0.230 e. The zero-order chi connectivity index (χ0) is 21.9. The number of aromatic nitrogens is 1. The van der Waals surface area contributed by atoms with E-state index in [1.165, 1.54) is 0 Å². The second-order valence-corrected chi connectivity index (χ2v) is 7.80. The predicted octanol–water partition coefficient (Wildman–Crippen LogP) is 5.64. The molecule has 0 bridgehead atoms. The van der Waals surface area contributed by atoms with Crippen molar-refractivity contribution in [2.24, 2.45) is 0 Å². The molecule has 3 aromatic carbocycles. The Hall–Kier alpha value is -4.06. The molecule has 1 N–H and O–H groups in total. The highest BCUT2D eigenvalue weighted by Gasteiger charge is 2.20. The normalized spacial score (nSPS) is 14.5. The van der Waals surface area contributed by atoms with Gasteiger partial charge >= 0.3 is 0 Å². The number of nitrogens with one attached hydrogen (secondary N) is 1. The molecule has 0 spiro atoms. The average Bonchev–Trinajstić information content (AvgIpc) is 3.40. The lowest BCUT2D eigenvalue weighted by molar-refractivity contribution is -0.115. The number of rotatable bonds is 6. The third-order valence-electron chi connectivity index (χ3n) is 5.20. The standard InChI is InChI=1S/C26H22N2O4/c1-17-13-19-14-18(7-12-24(19)30-17)25-15-21(28-32-25)16-26(29)27-20-8-10-23(11-9-20)31-22-5-3-2-4-6-22/h2-12,14-15,17H,13,16H2,1H3,(H,27,29). The molecule has 1 aromatic heterocycles. The highest BCUT2D eigenvalue weighted by molar-refractivity contribution is 5.92. The minimum atomic E-state index is -0.169. The molecule has 1 amide bonds. The van der Waals surface area contributed by atoms with Gasteiger partial charge in [-0.25, -0.2) is 0 Å². The molecule has 0 fully saturated rings. The first-order valence-corrected chi connectivity index (χ1v) is 10.5. The van der Waals surface area contributed by atoms with Gasteiger partial charge in [-0.15, -0.1) is 0 Å². The van der Waals surface area contributed by atoms with Crippen LogP contribution in [0, 0.1) is 0 Å². The topological polar surface area (TPSA) is 73.6 Å². The van der Waals surface area contributed by atoms with E-state index in [0.717, 1.165) is 29.0 Å². The summed E-state index contributed by atoms with van der Waals surface area (Å²) in [4.78, 5) is 12.5. The molecular weight excluding hydrogens is 404 g/mol. The minimum Gasteiger partial charge on any atom is -0.490 e.